The zero-order valence-corrected chi connectivity index (χ0v) is 27.2. The molecule has 2 unspecified atom stereocenters. The standard InChI is InChI=1S/C30H32N4O15S/c35-21-9-10-22(36)31(21)11-3-1-2-4-26(40)48-33-24(38)13-19(28(33)42)18-12-23(37)32(27(18)41)15-16-5-7-17(8-6-16)30(44)49-34-25(39)14-20(29(34)43)50(45,46)47/h9-10,12,16-17,19-20H,1-8,11,13-15H2,(H,45,46,47). The van der Waals surface area contributed by atoms with Crippen LogP contribution in [0.25, 0.3) is 0 Å². The SMILES string of the molecule is O=C(CCCCCN1C(=O)C=CC1=O)ON1C(=O)CC(C2=CC(=O)N(CC3CCC(C(=O)ON4C(=O)CC(S(=O)(=O)O)C4=O)CC3)C2=O)C1=O. The summed E-state index contributed by atoms with van der Waals surface area (Å²) in [6, 6.07) is 0. The third-order valence-corrected chi connectivity index (χ3v) is 10.2. The molecule has 0 aromatic carbocycles. The average molecular weight is 721 g/mol. The van der Waals surface area contributed by atoms with Gasteiger partial charge in [-0.25, -0.2) is 9.59 Å². The second kappa shape index (κ2) is 14.4. The van der Waals surface area contributed by atoms with Crippen molar-refractivity contribution in [1.29, 1.82) is 0 Å². The Morgan fingerprint density at radius 3 is 2.00 bits per heavy atom. The number of hydroxylamine groups is 4. The molecule has 4 heterocycles. The molecule has 4 aliphatic heterocycles. The van der Waals surface area contributed by atoms with Crippen molar-refractivity contribution in [3.05, 3.63) is 23.8 Å². The van der Waals surface area contributed by atoms with Crippen molar-refractivity contribution in [2.24, 2.45) is 17.8 Å². The number of unbranched alkanes of at least 4 members (excludes halogenated alkanes) is 2. The van der Waals surface area contributed by atoms with E-state index in [9.17, 15) is 56.4 Å². The highest BCUT2D eigenvalue weighted by molar-refractivity contribution is 7.87. The van der Waals surface area contributed by atoms with Crippen molar-refractivity contribution in [3.8, 4) is 0 Å². The molecule has 1 saturated carbocycles. The van der Waals surface area contributed by atoms with Crippen molar-refractivity contribution in [2.75, 3.05) is 13.1 Å². The van der Waals surface area contributed by atoms with Gasteiger partial charge in [-0.3, -0.25) is 52.7 Å². The molecule has 0 radical (unpaired) electrons. The van der Waals surface area contributed by atoms with Crippen LogP contribution < -0.4 is 0 Å². The van der Waals surface area contributed by atoms with Crippen LogP contribution in [0.15, 0.2) is 23.8 Å². The van der Waals surface area contributed by atoms with E-state index in [-0.39, 0.29) is 60.4 Å². The fourth-order valence-electron chi connectivity index (χ4n) is 6.33. The minimum Gasteiger partial charge on any atom is -0.330 e. The van der Waals surface area contributed by atoms with Gasteiger partial charge in [0.2, 0.25) is 0 Å². The summed E-state index contributed by atoms with van der Waals surface area (Å²) in [5.41, 5.74) is -0.229. The lowest BCUT2D eigenvalue weighted by atomic mass is 9.82. The van der Waals surface area contributed by atoms with Gasteiger partial charge in [-0.15, -0.1) is 10.1 Å². The smallest absolute Gasteiger partial charge is 0.330 e. The van der Waals surface area contributed by atoms with Gasteiger partial charge in [0.15, 0.2) is 5.25 Å². The van der Waals surface area contributed by atoms with Crippen molar-refractivity contribution in [1.82, 2.24) is 19.9 Å². The van der Waals surface area contributed by atoms with Crippen LogP contribution in [0.5, 0.6) is 0 Å². The zero-order chi connectivity index (χ0) is 36.5. The van der Waals surface area contributed by atoms with Gasteiger partial charge in [0, 0.05) is 49.7 Å². The summed E-state index contributed by atoms with van der Waals surface area (Å²) in [5, 5.41) is -1.74. The molecular weight excluding hydrogens is 688 g/mol. The first-order valence-corrected chi connectivity index (χ1v) is 17.3. The molecule has 8 amide bonds. The Hall–Kier alpha value is -5.11. The quantitative estimate of drug-likeness (QED) is 0.134. The molecule has 0 spiro atoms. The molecule has 20 heteroatoms. The average Bonchev–Trinajstić information content (AvgIpc) is 3.72. The molecule has 50 heavy (non-hydrogen) atoms. The highest BCUT2D eigenvalue weighted by Gasteiger charge is 2.50. The summed E-state index contributed by atoms with van der Waals surface area (Å²) in [4.78, 5) is 136. The third-order valence-electron chi connectivity index (χ3n) is 9.10. The summed E-state index contributed by atoms with van der Waals surface area (Å²) < 4.78 is 31.7. The van der Waals surface area contributed by atoms with E-state index in [4.69, 9.17) is 14.2 Å². The van der Waals surface area contributed by atoms with E-state index in [0.717, 1.165) is 15.9 Å². The van der Waals surface area contributed by atoms with E-state index in [1.54, 1.807) is 0 Å². The molecule has 0 aromatic rings. The minimum absolute atomic E-state index is 0.0319. The van der Waals surface area contributed by atoms with Crippen LogP contribution in [-0.2, 0) is 67.7 Å². The first kappa shape index (κ1) is 36.2. The number of imide groups is 4. The Labute approximate surface area is 283 Å². The maximum absolute atomic E-state index is 13.2. The van der Waals surface area contributed by atoms with Gasteiger partial charge in [-0.2, -0.15) is 8.42 Å². The molecule has 5 rings (SSSR count). The fourth-order valence-corrected chi connectivity index (χ4v) is 7.03. The summed E-state index contributed by atoms with van der Waals surface area (Å²) in [5.74, 6) is -10.9. The zero-order valence-electron chi connectivity index (χ0n) is 26.4. The van der Waals surface area contributed by atoms with Crippen molar-refractivity contribution in [2.45, 2.75) is 69.5 Å². The normalized spacial score (nSPS) is 25.8. The number of nitrogens with zero attached hydrogens (tertiary/aromatic N) is 4. The van der Waals surface area contributed by atoms with Crippen LogP contribution in [0.4, 0.5) is 0 Å². The monoisotopic (exact) mass is 720 g/mol. The van der Waals surface area contributed by atoms with E-state index < -0.39 is 99.2 Å². The topological polar surface area (TPSA) is 256 Å². The van der Waals surface area contributed by atoms with Gasteiger partial charge in [0.1, 0.15) is 0 Å². The molecule has 0 aromatic heterocycles. The maximum atomic E-state index is 13.2. The van der Waals surface area contributed by atoms with Crippen molar-refractivity contribution < 1.29 is 70.6 Å². The van der Waals surface area contributed by atoms with E-state index >= 15 is 0 Å². The highest BCUT2D eigenvalue weighted by Crippen LogP contribution is 2.35. The maximum Gasteiger partial charge on any atom is 0.336 e. The molecular formula is C30H32N4O15S. The summed E-state index contributed by atoms with van der Waals surface area (Å²) in [6.45, 7) is 0.109. The second-order valence-corrected chi connectivity index (χ2v) is 14.0. The number of carbonyl (C=O) groups excluding carboxylic acids is 10. The summed E-state index contributed by atoms with van der Waals surface area (Å²) >= 11 is 0. The number of amides is 8. The fraction of sp³-hybridized carbons (Fsp3) is 0.533. The lowest BCUT2D eigenvalue weighted by molar-refractivity contribution is -0.201. The highest BCUT2D eigenvalue weighted by atomic mass is 32.2. The van der Waals surface area contributed by atoms with Crippen molar-refractivity contribution >= 4 is 69.3 Å². The van der Waals surface area contributed by atoms with Gasteiger partial charge in [0.25, 0.3) is 57.4 Å². The largest absolute Gasteiger partial charge is 0.336 e. The predicted molar refractivity (Wildman–Crippen MR) is 159 cm³/mol. The van der Waals surface area contributed by atoms with Gasteiger partial charge in [0.05, 0.1) is 18.3 Å². The van der Waals surface area contributed by atoms with Gasteiger partial charge >= 0.3 is 11.9 Å². The lowest BCUT2D eigenvalue weighted by Gasteiger charge is -2.30. The van der Waals surface area contributed by atoms with Crippen LogP contribution in [-0.4, -0.2) is 110 Å². The second-order valence-electron chi connectivity index (χ2n) is 12.4. The summed E-state index contributed by atoms with van der Waals surface area (Å²) in [6.07, 6.45) is 3.91. The molecule has 19 nitrogen and oxygen atoms in total. The number of hydrogen-bond acceptors (Lipinski definition) is 14. The van der Waals surface area contributed by atoms with Crippen LogP contribution in [0.2, 0.25) is 0 Å². The molecule has 0 bridgehead atoms. The van der Waals surface area contributed by atoms with Gasteiger partial charge in [-0.1, -0.05) is 6.42 Å². The van der Waals surface area contributed by atoms with Crippen LogP contribution in [0.3, 0.4) is 0 Å². The van der Waals surface area contributed by atoms with E-state index in [0.29, 0.717) is 25.7 Å². The first-order valence-electron chi connectivity index (χ1n) is 15.8. The van der Waals surface area contributed by atoms with E-state index in [1.807, 2.05) is 0 Å². The number of hydrogen-bond donors (Lipinski definition) is 1. The number of carbonyl (C=O) groups is 10. The molecule has 2 saturated heterocycles. The molecule has 2 atom stereocenters. The van der Waals surface area contributed by atoms with Crippen molar-refractivity contribution in [3.63, 3.8) is 0 Å². The van der Waals surface area contributed by atoms with Crippen LogP contribution >= 0.6 is 0 Å². The Bertz CT molecular complexity index is 1720. The predicted octanol–water partition coefficient (Wildman–Crippen LogP) is -1.12. The first-order chi connectivity index (χ1) is 23.6. The third kappa shape index (κ3) is 7.54. The van der Waals surface area contributed by atoms with Crippen LogP contribution in [0.1, 0.15) is 64.2 Å². The molecule has 1 N–H and O–H groups in total. The molecule has 5 aliphatic rings. The lowest BCUT2D eigenvalue weighted by Crippen LogP contribution is -2.40. The molecule has 268 valence electrons. The Morgan fingerprint density at radius 2 is 1.38 bits per heavy atom. The van der Waals surface area contributed by atoms with E-state index in [2.05, 4.69) is 0 Å². The van der Waals surface area contributed by atoms with Crippen LogP contribution in [0, 0.1) is 17.8 Å². The molecule has 1 aliphatic carbocycles. The molecule has 3 fully saturated rings. The Kier molecular flexibility index (Phi) is 10.4. The van der Waals surface area contributed by atoms with Gasteiger partial charge in [-0.05, 0) is 44.4 Å². The minimum atomic E-state index is -4.88. The number of rotatable bonds is 13. The van der Waals surface area contributed by atoms with E-state index in [1.165, 1.54) is 12.2 Å². The van der Waals surface area contributed by atoms with Gasteiger partial charge < -0.3 is 9.68 Å². The summed E-state index contributed by atoms with van der Waals surface area (Å²) in [7, 11) is -4.88. The Balaban J connectivity index is 1.05. The Morgan fingerprint density at radius 1 is 0.760 bits per heavy atom.